The van der Waals surface area contributed by atoms with Crippen molar-refractivity contribution in [1.82, 2.24) is 0 Å². The average molecular weight is 287 g/mol. The zero-order valence-corrected chi connectivity index (χ0v) is 12.1. The van der Waals surface area contributed by atoms with Crippen molar-refractivity contribution in [3.05, 3.63) is 52.5 Å². The van der Waals surface area contributed by atoms with Gasteiger partial charge >= 0.3 is 0 Å². The SMILES string of the molecule is CCN(c1cc(O)ccc1C)c1cc(Cl)ccc1C#N. The molecule has 0 radical (unpaired) electrons. The lowest BCUT2D eigenvalue weighted by Gasteiger charge is -2.26. The molecule has 3 nitrogen and oxygen atoms in total. The largest absolute Gasteiger partial charge is 0.508 e. The van der Waals surface area contributed by atoms with Gasteiger partial charge in [-0.15, -0.1) is 0 Å². The second kappa shape index (κ2) is 5.85. The van der Waals surface area contributed by atoms with E-state index in [2.05, 4.69) is 6.07 Å². The van der Waals surface area contributed by atoms with Gasteiger partial charge in [0.25, 0.3) is 0 Å². The van der Waals surface area contributed by atoms with Crippen molar-refractivity contribution >= 4 is 23.0 Å². The van der Waals surface area contributed by atoms with Gasteiger partial charge in [-0.3, -0.25) is 0 Å². The van der Waals surface area contributed by atoms with Crippen LogP contribution >= 0.6 is 11.6 Å². The molecule has 0 heterocycles. The standard InChI is InChI=1S/C16H15ClN2O/c1-3-19(15-9-14(20)7-4-11(15)2)16-8-13(17)6-5-12(16)10-18/h4-9,20H,3H2,1-2H3. The molecule has 2 aromatic carbocycles. The van der Waals surface area contributed by atoms with Gasteiger partial charge in [0, 0.05) is 23.3 Å². The lowest BCUT2D eigenvalue weighted by Crippen LogP contribution is -2.18. The monoisotopic (exact) mass is 286 g/mol. The van der Waals surface area contributed by atoms with E-state index < -0.39 is 0 Å². The third kappa shape index (κ3) is 2.71. The number of anilines is 2. The Hall–Kier alpha value is -2.18. The molecule has 4 heteroatoms. The summed E-state index contributed by atoms with van der Waals surface area (Å²) in [6.45, 7) is 4.62. The lowest BCUT2D eigenvalue weighted by atomic mass is 10.1. The van der Waals surface area contributed by atoms with Crippen molar-refractivity contribution in [2.24, 2.45) is 0 Å². The van der Waals surface area contributed by atoms with Crippen LogP contribution in [0.5, 0.6) is 5.75 Å². The second-order valence-electron chi connectivity index (χ2n) is 4.49. The summed E-state index contributed by atoms with van der Waals surface area (Å²) >= 11 is 6.05. The van der Waals surface area contributed by atoms with Gasteiger partial charge in [0.05, 0.1) is 11.3 Å². The molecule has 0 aliphatic carbocycles. The molecule has 1 N–H and O–H groups in total. The van der Waals surface area contributed by atoms with E-state index in [9.17, 15) is 10.4 Å². The minimum Gasteiger partial charge on any atom is -0.508 e. The quantitative estimate of drug-likeness (QED) is 0.910. The van der Waals surface area contributed by atoms with E-state index in [0.717, 1.165) is 16.9 Å². The molecule has 0 saturated heterocycles. The van der Waals surface area contributed by atoms with Crippen LogP contribution in [0.15, 0.2) is 36.4 Å². The van der Waals surface area contributed by atoms with Gasteiger partial charge in [0.1, 0.15) is 11.8 Å². The van der Waals surface area contributed by atoms with Crippen LogP contribution in [0.1, 0.15) is 18.1 Å². The van der Waals surface area contributed by atoms with Crippen LogP contribution < -0.4 is 4.90 Å². The van der Waals surface area contributed by atoms with E-state index in [1.165, 1.54) is 0 Å². The number of hydrogen-bond acceptors (Lipinski definition) is 3. The molecule has 102 valence electrons. The molecule has 0 saturated carbocycles. The van der Waals surface area contributed by atoms with Crippen molar-refractivity contribution in [1.29, 1.82) is 5.26 Å². The van der Waals surface area contributed by atoms with Gasteiger partial charge in [-0.25, -0.2) is 0 Å². The van der Waals surface area contributed by atoms with Crippen LogP contribution in [0.2, 0.25) is 5.02 Å². The van der Waals surface area contributed by atoms with Gasteiger partial charge in [-0.2, -0.15) is 5.26 Å². The third-order valence-electron chi connectivity index (χ3n) is 3.17. The molecule has 0 atom stereocenters. The van der Waals surface area contributed by atoms with E-state index in [1.807, 2.05) is 24.8 Å². The minimum absolute atomic E-state index is 0.199. The summed E-state index contributed by atoms with van der Waals surface area (Å²) in [5.41, 5.74) is 3.19. The predicted molar refractivity (Wildman–Crippen MR) is 81.7 cm³/mol. The number of aryl methyl sites for hydroxylation is 1. The van der Waals surface area contributed by atoms with E-state index in [0.29, 0.717) is 17.1 Å². The van der Waals surface area contributed by atoms with Gasteiger partial charge in [0.2, 0.25) is 0 Å². The third-order valence-corrected chi connectivity index (χ3v) is 3.41. The van der Waals surface area contributed by atoms with Gasteiger partial charge < -0.3 is 10.0 Å². The van der Waals surface area contributed by atoms with E-state index in [1.54, 1.807) is 30.3 Å². The van der Waals surface area contributed by atoms with Crippen molar-refractivity contribution in [2.75, 3.05) is 11.4 Å². The second-order valence-corrected chi connectivity index (χ2v) is 4.92. The molecule has 0 aromatic heterocycles. The summed E-state index contributed by atoms with van der Waals surface area (Å²) in [6, 6.07) is 12.6. The van der Waals surface area contributed by atoms with Crippen LogP contribution in [-0.2, 0) is 0 Å². The Kier molecular flexibility index (Phi) is 4.16. The number of phenolic OH excluding ortho intramolecular Hbond substituents is 1. The van der Waals surface area contributed by atoms with Crippen molar-refractivity contribution < 1.29 is 5.11 Å². The van der Waals surface area contributed by atoms with E-state index in [-0.39, 0.29) is 5.75 Å². The van der Waals surface area contributed by atoms with E-state index >= 15 is 0 Å². The van der Waals surface area contributed by atoms with Crippen molar-refractivity contribution in [3.63, 3.8) is 0 Å². The number of aromatic hydroxyl groups is 1. The zero-order valence-electron chi connectivity index (χ0n) is 11.4. The fourth-order valence-electron chi connectivity index (χ4n) is 2.18. The maximum atomic E-state index is 9.69. The highest BCUT2D eigenvalue weighted by molar-refractivity contribution is 6.31. The molecule has 0 spiro atoms. The van der Waals surface area contributed by atoms with Crippen LogP contribution in [0, 0.1) is 18.3 Å². The first-order chi connectivity index (χ1) is 9.56. The topological polar surface area (TPSA) is 47.3 Å². The minimum atomic E-state index is 0.199. The maximum absolute atomic E-state index is 9.69. The summed E-state index contributed by atoms with van der Waals surface area (Å²) in [5.74, 6) is 0.199. The molecule has 0 amide bonds. The van der Waals surface area contributed by atoms with Crippen LogP contribution in [-0.4, -0.2) is 11.7 Å². The molecule has 0 bridgehead atoms. The predicted octanol–water partition coefficient (Wildman–Crippen LogP) is 4.38. The Morgan fingerprint density at radius 1 is 1.20 bits per heavy atom. The fraction of sp³-hybridized carbons (Fsp3) is 0.188. The molecule has 0 unspecified atom stereocenters. The van der Waals surface area contributed by atoms with Crippen LogP contribution in [0.4, 0.5) is 11.4 Å². The van der Waals surface area contributed by atoms with Crippen LogP contribution in [0.3, 0.4) is 0 Å². The number of hydrogen-bond donors (Lipinski definition) is 1. The van der Waals surface area contributed by atoms with Gasteiger partial charge in [-0.1, -0.05) is 17.7 Å². The number of nitriles is 1. The number of benzene rings is 2. The maximum Gasteiger partial charge on any atom is 0.117 e. The summed E-state index contributed by atoms with van der Waals surface area (Å²) in [5, 5.41) is 19.5. The normalized spacial score (nSPS) is 10.1. The molecular formula is C16H15ClN2O. The fourth-order valence-corrected chi connectivity index (χ4v) is 2.35. The van der Waals surface area contributed by atoms with Crippen molar-refractivity contribution in [2.45, 2.75) is 13.8 Å². The molecule has 2 rings (SSSR count). The first-order valence-corrected chi connectivity index (χ1v) is 6.71. The smallest absolute Gasteiger partial charge is 0.117 e. The first-order valence-electron chi connectivity index (χ1n) is 6.33. The molecular weight excluding hydrogens is 272 g/mol. The first kappa shape index (κ1) is 14.2. The Morgan fingerprint density at radius 3 is 2.60 bits per heavy atom. The molecule has 0 aliphatic rings. The number of rotatable bonds is 3. The zero-order chi connectivity index (χ0) is 14.7. The molecule has 20 heavy (non-hydrogen) atoms. The highest BCUT2D eigenvalue weighted by Crippen LogP contribution is 2.34. The Balaban J connectivity index is 2.61. The summed E-state index contributed by atoms with van der Waals surface area (Å²) in [7, 11) is 0. The Bertz CT molecular complexity index is 677. The number of phenols is 1. The highest BCUT2D eigenvalue weighted by Gasteiger charge is 2.15. The van der Waals surface area contributed by atoms with Gasteiger partial charge in [-0.05, 0) is 43.7 Å². The molecule has 0 aliphatic heterocycles. The Morgan fingerprint density at radius 2 is 1.95 bits per heavy atom. The number of halogens is 1. The lowest BCUT2D eigenvalue weighted by molar-refractivity contribution is 0.475. The molecule has 0 fully saturated rings. The number of nitrogens with zero attached hydrogens (tertiary/aromatic N) is 2. The summed E-state index contributed by atoms with van der Waals surface area (Å²) in [4.78, 5) is 1.97. The average Bonchev–Trinajstić information content (AvgIpc) is 2.44. The molecule has 2 aromatic rings. The highest BCUT2D eigenvalue weighted by atomic mass is 35.5. The summed E-state index contributed by atoms with van der Waals surface area (Å²) in [6.07, 6.45) is 0. The van der Waals surface area contributed by atoms with E-state index in [4.69, 9.17) is 11.6 Å². The summed E-state index contributed by atoms with van der Waals surface area (Å²) < 4.78 is 0. The van der Waals surface area contributed by atoms with Gasteiger partial charge in [0.15, 0.2) is 0 Å². The Labute approximate surface area is 123 Å². The van der Waals surface area contributed by atoms with Crippen molar-refractivity contribution in [3.8, 4) is 11.8 Å². The van der Waals surface area contributed by atoms with Crippen LogP contribution in [0.25, 0.3) is 0 Å².